The number of carboxylic acid groups (broad SMARTS) is 1. The summed E-state index contributed by atoms with van der Waals surface area (Å²) in [7, 11) is 1.58. The van der Waals surface area contributed by atoms with Gasteiger partial charge in [0.15, 0.2) is 0 Å². The van der Waals surface area contributed by atoms with E-state index in [2.05, 4.69) is 15.4 Å². The van der Waals surface area contributed by atoms with Gasteiger partial charge in [0.1, 0.15) is 12.1 Å². The van der Waals surface area contributed by atoms with Crippen LogP contribution in [0.3, 0.4) is 0 Å². The number of fused-ring (bicyclic) bond motifs is 1. The fourth-order valence-electron chi connectivity index (χ4n) is 3.57. The highest BCUT2D eigenvalue weighted by atomic mass is 16.5. The fraction of sp³-hybridized carbons (Fsp3) is 0.211. The lowest BCUT2D eigenvalue weighted by Gasteiger charge is -2.42. The van der Waals surface area contributed by atoms with Crippen LogP contribution in [-0.2, 0) is 10.5 Å². The van der Waals surface area contributed by atoms with Crippen LogP contribution in [0.15, 0.2) is 60.9 Å². The van der Waals surface area contributed by atoms with Gasteiger partial charge in [0, 0.05) is 0 Å². The van der Waals surface area contributed by atoms with Crippen molar-refractivity contribution in [1.82, 2.24) is 14.8 Å². The summed E-state index contributed by atoms with van der Waals surface area (Å²) in [5.41, 5.74) is -0.848. The lowest BCUT2D eigenvalue weighted by atomic mass is 9.78. The molecule has 8 heteroatoms. The molecule has 4 rings (SSSR count). The predicted molar refractivity (Wildman–Crippen MR) is 96.4 cm³/mol. The van der Waals surface area contributed by atoms with Gasteiger partial charge in [0.25, 0.3) is 5.72 Å². The van der Waals surface area contributed by atoms with E-state index in [1.807, 2.05) is 18.2 Å². The van der Waals surface area contributed by atoms with E-state index in [1.165, 1.54) is 6.33 Å². The summed E-state index contributed by atoms with van der Waals surface area (Å²) in [5.74, 6) is -1.38. The number of nitrogens with zero attached hydrogens (tertiary/aromatic N) is 3. The summed E-state index contributed by atoms with van der Waals surface area (Å²) in [6, 6.07) is 15.7. The molecule has 1 aromatic heterocycles. The molecule has 27 heavy (non-hydrogen) atoms. The average Bonchev–Trinajstić information content (AvgIpc) is 3.18. The molecular weight excluding hydrogens is 348 g/mol. The quantitative estimate of drug-likeness (QED) is 0.647. The molecule has 0 amide bonds. The van der Waals surface area contributed by atoms with Crippen molar-refractivity contribution in [3.8, 4) is 5.75 Å². The largest absolute Gasteiger partial charge is 0.497 e. The van der Waals surface area contributed by atoms with Crippen LogP contribution < -0.4 is 10.1 Å². The van der Waals surface area contributed by atoms with Gasteiger partial charge in [-0.05, 0) is 23.3 Å². The third-order valence-electron chi connectivity index (χ3n) is 4.87. The van der Waals surface area contributed by atoms with Gasteiger partial charge in [-0.25, -0.2) is 4.79 Å². The van der Waals surface area contributed by atoms with Crippen molar-refractivity contribution in [1.29, 1.82) is 0 Å². The van der Waals surface area contributed by atoms with Crippen molar-refractivity contribution in [2.45, 2.75) is 17.7 Å². The molecule has 0 spiro atoms. The van der Waals surface area contributed by atoms with Crippen LogP contribution in [0.1, 0.15) is 23.1 Å². The molecule has 8 nitrogen and oxygen atoms in total. The number of ether oxygens (including phenoxy) is 1. The molecular formula is C19H18N4O4. The van der Waals surface area contributed by atoms with E-state index < -0.39 is 23.7 Å². The monoisotopic (exact) mass is 366 g/mol. The van der Waals surface area contributed by atoms with E-state index in [0.29, 0.717) is 11.3 Å². The van der Waals surface area contributed by atoms with Crippen LogP contribution in [0.25, 0.3) is 0 Å². The maximum absolute atomic E-state index is 12.2. The molecule has 1 aliphatic heterocycles. The zero-order valence-electron chi connectivity index (χ0n) is 14.5. The SMILES string of the molecule is COc1ccc(C2Nc3ncnn3C(O)(C(=O)O)C2c2ccccc2)cc1. The first-order chi connectivity index (χ1) is 13.1. The highest BCUT2D eigenvalue weighted by Gasteiger charge is 2.56. The Morgan fingerprint density at radius 3 is 2.48 bits per heavy atom. The fourth-order valence-corrected chi connectivity index (χ4v) is 3.57. The predicted octanol–water partition coefficient (Wildman–Crippen LogP) is 1.97. The molecule has 3 atom stereocenters. The number of benzene rings is 2. The summed E-state index contributed by atoms with van der Waals surface area (Å²) >= 11 is 0. The summed E-state index contributed by atoms with van der Waals surface area (Å²) in [5, 5.41) is 28.5. The van der Waals surface area contributed by atoms with E-state index in [-0.39, 0.29) is 5.95 Å². The number of aliphatic hydroxyl groups is 1. The highest BCUT2D eigenvalue weighted by molar-refractivity contribution is 5.78. The molecule has 0 saturated carbocycles. The van der Waals surface area contributed by atoms with Gasteiger partial charge in [0.2, 0.25) is 5.95 Å². The van der Waals surface area contributed by atoms with Crippen LogP contribution in [0.4, 0.5) is 5.95 Å². The summed E-state index contributed by atoms with van der Waals surface area (Å²) in [4.78, 5) is 16.3. The Morgan fingerprint density at radius 2 is 1.85 bits per heavy atom. The van der Waals surface area contributed by atoms with Gasteiger partial charge >= 0.3 is 5.97 Å². The maximum Gasteiger partial charge on any atom is 0.360 e. The molecule has 0 radical (unpaired) electrons. The van der Waals surface area contributed by atoms with E-state index in [4.69, 9.17) is 4.74 Å². The van der Waals surface area contributed by atoms with Gasteiger partial charge in [-0.1, -0.05) is 42.5 Å². The Balaban J connectivity index is 1.92. The van der Waals surface area contributed by atoms with Crippen molar-refractivity contribution >= 4 is 11.9 Å². The maximum atomic E-state index is 12.2. The molecule has 138 valence electrons. The summed E-state index contributed by atoms with van der Waals surface area (Å²) in [6.07, 6.45) is 1.22. The average molecular weight is 366 g/mol. The van der Waals surface area contributed by atoms with Gasteiger partial charge in [0.05, 0.1) is 19.1 Å². The van der Waals surface area contributed by atoms with Crippen molar-refractivity contribution in [2.75, 3.05) is 12.4 Å². The van der Waals surface area contributed by atoms with Crippen LogP contribution in [0.2, 0.25) is 0 Å². The second-order valence-corrected chi connectivity index (χ2v) is 6.31. The van der Waals surface area contributed by atoms with Crippen molar-refractivity contribution < 1.29 is 19.7 Å². The Kier molecular flexibility index (Phi) is 4.04. The van der Waals surface area contributed by atoms with Gasteiger partial charge in [-0.3, -0.25) is 0 Å². The number of rotatable bonds is 4. The normalized spacial score (nSPS) is 23.9. The zero-order chi connectivity index (χ0) is 19.0. The number of hydrogen-bond acceptors (Lipinski definition) is 6. The number of nitrogens with one attached hydrogen (secondary N) is 1. The second kappa shape index (κ2) is 6.40. The topological polar surface area (TPSA) is 110 Å². The van der Waals surface area contributed by atoms with Gasteiger partial charge in [-0.15, -0.1) is 0 Å². The van der Waals surface area contributed by atoms with Crippen molar-refractivity contribution in [2.24, 2.45) is 0 Å². The molecule has 3 aromatic rings. The number of carboxylic acids is 1. The number of anilines is 1. The Hall–Kier alpha value is -3.39. The van der Waals surface area contributed by atoms with Crippen molar-refractivity contribution in [3.63, 3.8) is 0 Å². The third kappa shape index (κ3) is 2.61. The number of hydrogen-bond donors (Lipinski definition) is 3. The Labute approximate surface area is 155 Å². The number of carbonyl (C=O) groups is 1. The van der Waals surface area contributed by atoms with Crippen LogP contribution in [0, 0.1) is 0 Å². The van der Waals surface area contributed by atoms with Crippen molar-refractivity contribution in [3.05, 3.63) is 72.1 Å². The van der Waals surface area contributed by atoms with E-state index >= 15 is 0 Å². The first kappa shape index (κ1) is 17.0. The number of methoxy groups -OCH3 is 1. The number of aromatic nitrogens is 3. The van der Waals surface area contributed by atoms with E-state index in [9.17, 15) is 15.0 Å². The first-order valence-corrected chi connectivity index (χ1v) is 8.37. The van der Waals surface area contributed by atoms with Gasteiger partial charge < -0.3 is 20.3 Å². The zero-order valence-corrected chi connectivity index (χ0v) is 14.5. The Bertz CT molecular complexity index is 957. The molecule has 2 aromatic carbocycles. The summed E-state index contributed by atoms with van der Waals surface area (Å²) in [6.45, 7) is 0. The third-order valence-corrected chi connectivity index (χ3v) is 4.87. The minimum atomic E-state index is -2.30. The molecule has 0 bridgehead atoms. The molecule has 2 heterocycles. The lowest BCUT2D eigenvalue weighted by molar-refractivity contribution is -0.179. The first-order valence-electron chi connectivity index (χ1n) is 8.37. The minimum absolute atomic E-state index is 0.188. The molecule has 0 aliphatic carbocycles. The minimum Gasteiger partial charge on any atom is -0.497 e. The molecule has 0 fully saturated rings. The molecule has 1 aliphatic rings. The van der Waals surface area contributed by atoms with E-state index in [0.717, 1.165) is 10.2 Å². The Morgan fingerprint density at radius 1 is 1.15 bits per heavy atom. The summed E-state index contributed by atoms with van der Waals surface area (Å²) < 4.78 is 6.22. The highest BCUT2D eigenvalue weighted by Crippen LogP contribution is 2.47. The number of aliphatic carboxylic acids is 1. The molecule has 3 N–H and O–H groups in total. The molecule has 0 saturated heterocycles. The molecule has 3 unspecified atom stereocenters. The van der Waals surface area contributed by atoms with Gasteiger partial charge in [-0.2, -0.15) is 14.8 Å². The standard InChI is InChI=1S/C19H18N4O4/c1-27-14-9-7-13(8-10-14)16-15(12-5-3-2-4-6-12)19(26,17(24)25)23-18(22-16)20-11-21-23/h2-11,15-16,26H,1H3,(H,24,25)(H,20,21,22). The van der Waals surface area contributed by atoms with Crippen LogP contribution in [0.5, 0.6) is 5.75 Å². The smallest absolute Gasteiger partial charge is 0.360 e. The van der Waals surface area contributed by atoms with Crippen LogP contribution >= 0.6 is 0 Å². The second-order valence-electron chi connectivity index (χ2n) is 6.31. The van der Waals surface area contributed by atoms with Crippen LogP contribution in [-0.4, -0.2) is 38.1 Å². The lowest BCUT2D eigenvalue weighted by Crippen LogP contribution is -2.54. The van der Waals surface area contributed by atoms with E-state index in [1.54, 1.807) is 43.5 Å².